The number of nitrogens with one attached hydrogen (secondary N) is 1. The van der Waals surface area contributed by atoms with E-state index >= 15 is 0 Å². The van der Waals surface area contributed by atoms with Crippen LogP contribution in [0.2, 0.25) is 0 Å². The van der Waals surface area contributed by atoms with Crippen molar-refractivity contribution < 1.29 is 9.13 Å². The summed E-state index contributed by atoms with van der Waals surface area (Å²) in [5.74, 6) is 0.598. The molecule has 0 aromatic heterocycles. The van der Waals surface area contributed by atoms with Crippen LogP contribution in [0, 0.1) is 12.7 Å². The lowest BCUT2D eigenvalue weighted by Gasteiger charge is -2.18. The largest absolute Gasteiger partial charge is 0.454 e. The number of hydrogen-bond donors (Lipinski definition) is 1. The summed E-state index contributed by atoms with van der Waals surface area (Å²) in [5, 5.41) is 3.35. The Labute approximate surface area is 133 Å². The highest BCUT2D eigenvalue weighted by molar-refractivity contribution is 9.10. The molecule has 0 bridgehead atoms. The zero-order chi connectivity index (χ0) is 15.4. The average Bonchev–Trinajstić information content (AvgIpc) is 2.46. The first kappa shape index (κ1) is 16.0. The third-order valence-corrected chi connectivity index (χ3v) is 3.82. The highest BCUT2D eigenvalue weighted by Gasteiger charge is 2.14. The molecule has 0 radical (unpaired) electrons. The third-order valence-electron chi connectivity index (χ3n) is 3.32. The molecule has 0 aliphatic rings. The van der Waals surface area contributed by atoms with Gasteiger partial charge in [-0.05, 0) is 50.2 Å². The van der Waals surface area contributed by atoms with Crippen molar-refractivity contribution in [1.82, 2.24) is 5.32 Å². The van der Waals surface area contributed by atoms with Gasteiger partial charge in [0.1, 0.15) is 5.75 Å². The van der Waals surface area contributed by atoms with Gasteiger partial charge in [0.15, 0.2) is 11.6 Å². The Bertz CT molecular complexity index is 630. The molecule has 0 heterocycles. The van der Waals surface area contributed by atoms with Crippen molar-refractivity contribution in [3.8, 4) is 11.5 Å². The zero-order valence-corrected chi connectivity index (χ0v) is 14.0. The van der Waals surface area contributed by atoms with Gasteiger partial charge in [-0.1, -0.05) is 35.0 Å². The lowest BCUT2D eigenvalue weighted by atomic mass is 10.1. The molecule has 0 aliphatic carbocycles. The molecular formula is C17H19BrFNO. The molecule has 0 spiro atoms. The summed E-state index contributed by atoms with van der Waals surface area (Å²) in [4.78, 5) is 0. The van der Waals surface area contributed by atoms with Crippen molar-refractivity contribution in [2.75, 3.05) is 6.54 Å². The summed E-state index contributed by atoms with van der Waals surface area (Å²) in [6, 6.07) is 11.0. The third kappa shape index (κ3) is 3.83. The minimum absolute atomic E-state index is 0.121. The van der Waals surface area contributed by atoms with Gasteiger partial charge in [0.2, 0.25) is 0 Å². The van der Waals surface area contributed by atoms with Crippen LogP contribution in [0.15, 0.2) is 40.9 Å². The molecule has 1 atom stereocenters. The lowest BCUT2D eigenvalue weighted by Crippen LogP contribution is -2.18. The molecule has 4 heteroatoms. The van der Waals surface area contributed by atoms with E-state index in [1.54, 1.807) is 25.1 Å². The fourth-order valence-electron chi connectivity index (χ4n) is 2.18. The molecule has 21 heavy (non-hydrogen) atoms. The number of rotatable bonds is 5. The molecule has 2 aromatic carbocycles. The molecule has 0 saturated carbocycles. The first-order valence-corrected chi connectivity index (χ1v) is 7.78. The molecule has 1 N–H and O–H groups in total. The molecule has 2 rings (SSSR count). The Hall–Kier alpha value is -1.39. The van der Waals surface area contributed by atoms with Gasteiger partial charge in [-0.15, -0.1) is 0 Å². The maximum atomic E-state index is 14.1. The van der Waals surface area contributed by atoms with Crippen LogP contribution in [0.3, 0.4) is 0 Å². The van der Waals surface area contributed by atoms with Crippen LogP contribution in [-0.2, 0) is 0 Å². The van der Waals surface area contributed by atoms with Gasteiger partial charge >= 0.3 is 0 Å². The topological polar surface area (TPSA) is 21.3 Å². The Morgan fingerprint density at radius 3 is 2.71 bits per heavy atom. The van der Waals surface area contributed by atoms with E-state index in [0.717, 1.165) is 16.6 Å². The average molecular weight is 352 g/mol. The van der Waals surface area contributed by atoms with E-state index in [9.17, 15) is 4.39 Å². The van der Waals surface area contributed by atoms with Crippen LogP contribution in [0.4, 0.5) is 4.39 Å². The Morgan fingerprint density at radius 1 is 1.24 bits per heavy atom. The minimum Gasteiger partial charge on any atom is -0.454 e. The molecule has 0 aliphatic heterocycles. The normalized spacial score (nSPS) is 12.2. The maximum Gasteiger partial charge on any atom is 0.168 e. The Morgan fingerprint density at radius 2 is 2.00 bits per heavy atom. The van der Waals surface area contributed by atoms with Crippen LogP contribution in [-0.4, -0.2) is 6.54 Å². The SMILES string of the molecule is CCNC(C)c1cc(Br)ccc1Oc1cccc(C)c1F. The van der Waals surface area contributed by atoms with Gasteiger partial charge in [-0.25, -0.2) is 4.39 Å². The second-order valence-corrected chi connectivity index (χ2v) is 5.87. The minimum atomic E-state index is -0.317. The van der Waals surface area contributed by atoms with Crippen LogP contribution in [0.1, 0.15) is 31.0 Å². The molecular weight excluding hydrogens is 333 g/mol. The van der Waals surface area contributed by atoms with Gasteiger partial charge in [0.05, 0.1) is 0 Å². The van der Waals surface area contributed by atoms with Crippen LogP contribution in [0.5, 0.6) is 11.5 Å². The molecule has 2 nitrogen and oxygen atoms in total. The van der Waals surface area contributed by atoms with Gasteiger partial charge in [0.25, 0.3) is 0 Å². The van der Waals surface area contributed by atoms with E-state index in [2.05, 4.69) is 35.1 Å². The first-order chi connectivity index (χ1) is 10.0. The number of hydrogen-bond acceptors (Lipinski definition) is 2. The zero-order valence-electron chi connectivity index (χ0n) is 12.4. The standard InChI is InChI=1S/C17H19BrFNO/c1-4-20-12(3)14-10-13(18)8-9-15(14)21-16-7-5-6-11(2)17(16)19/h5-10,12,20H,4H2,1-3H3. The van der Waals surface area contributed by atoms with Crippen molar-refractivity contribution in [3.63, 3.8) is 0 Å². The first-order valence-electron chi connectivity index (χ1n) is 6.98. The van der Waals surface area contributed by atoms with Gasteiger partial charge in [-0.2, -0.15) is 0 Å². The predicted molar refractivity (Wildman–Crippen MR) is 87.4 cm³/mol. The fraction of sp³-hybridized carbons (Fsp3) is 0.294. The van der Waals surface area contributed by atoms with Crippen molar-refractivity contribution in [1.29, 1.82) is 0 Å². The van der Waals surface area contributed by atoms with Crippen LogP contribution < -0.4 is 10.1 Å². The van der Waals surface area contributed by atoms with Gasteiger partial charge in [0, 0.05) is 16.1 Å². The second kappa shape index (κ2) is 7.05. The second-order valence-electron chi connectivity index (χ2n) is 4.95. The molecule has 112 valence electrons. The van der Waals surface area contributed by atoms with Gasteiger partial charge in [-0.3, -0.25) is 0 Å². The molecule has 0 amide bonds. The number of benzene rings is 2. The lowest BCUT2D eigenvalue weighted by molar-refractivity contribution is 0.428. The van der Waals surface area contributed by atoms with Crippen molar-refractivity contribution in [3.05, 3.63) is 57.8 Å². The van der Waals surface area contributed by atoms with E-state index in [-0.39, 0.29) is 17.6 Å². The van der Waals surface area contributed by atoms with E-state index < -0.39 is 0 Å². The fourth-order valence-corrected chi connectivity index (χ4v) is 2.56. The van der Waals surface area contributed by atoms with E-state index in [1.165, 1.54) is 0 Å². The number of halogens is 2. The summed E-state index contributed by atoms with van der Waals surface area (Å²) in [5.41, 5.74) is 1.57. The quantitative estimate of drug-likeness (QED) is 0.782. The predicted octanol–water partition coefficient (Wildman–Crippen LogP) is 5.36. The number of aryl methyl sites for hydroxylation is 1. The van der Waals surface area contributed by atoms with Crippen molar-refractivity contribution >= 4 is 15.9 Å². The summed E-state index contributed by atoms with van der Waals surface area (Å²) in [7, 11) is 0. The smallest absolute Gasteiger partial charge is 0.168 e. The van der Waals surface area contributed by atoms with Crippen LogP contribution >= 0.6 is 15.9 Å². The Balaban J connectivity index is 2.37. The summed E-state index contributed by atoms with van der Waals surface area (Å²) >= 11 is 3.47. The molecule has 1 unspecified atom stereocenters. The molecule has 0 saturated heterocycles. The highest BCUT2D eigenvalue weighted by atomic mass is 79.9. The van der Waals surface area contributed by atoms with Crippen molar-refractivity contribution in [2.45, 2.75) is 26.8 Å². The Kier molecular flexibility index (Phi) is 5.37. The summed E-state index contributed by atoms with van der Waals surface area (Å²) in [6.45, 7) is 6.69. The highest BCUT2D eigenvalue weighted by Crippen LogP contribution is 2.33. The van der Waals surface area contributed by atoms with E-state index in [4.69, 9.17) is 4.74 Å². The van der Waals surface area contributed by atoms with E-state index in [0.29, 0.717) is 11.3 Å². The monoisotopic (exact) mass is 351 g/mol. The molecule has 2 aromatic rings. The van der Waals surface area contributed by atoms with E-state index in [1.807, 2.05) is 18.2 Å². The van der Waals surface area contributed by atoms with Crippen LogP contribution in [0.25, 0.3) is 0 Å². The van der Waals surface area contributed by atoms with Gasteiger partial charge < -0.3 is 10.1 Å². The molecule has 0 fully saturated rings. The summed E-state index contributed by atoms with van der Waals surface area (Å²) < 4.78 is 20.9. The van der Waals surface area contributed by atoms with Crippen molar-refractivity contribution in [2.24, 2.45) is 0 Å². The summed E-state index contributed by atoms with van der Waals surface area (Å²) in [6.07, 6.45) is 0. The maximum absolute atomic E-state index is 14.1. The number of ether oxygens (including phenoxy) is 1.